The Hall–Kier alpha value is -1.47. The van der Waals surface area contributed by atoms with Gasteiger partial charge >= 0.3 is 6.18 Å². The lowest BCUT2D eigenvalue weighted by Crippen LogP contribution is -2.34. The smallest absolute Gasteiger partial charge is 0.401 e. The monoisotopic (exact) mass is 279 g/mol. The van der Waals surface area contributed by atoms with Crippen LogP contribution in [0.5, 0.6) is 11.5 Å². The molecule has 0 fully saturated rings. The molecule has 0 saturated carbocycles. The first-order valence-corrected chi connectivity index (χ1v) is 5.54. The lowest BCUT2D eigenvalue weighted by atomic mass is 10.1. The first-order chi connectivity index (χ1) is 8.91. The van der Waals surface area contributed by atoms with E-state index in [1.165, 1.54) is 20.3 Å². The molecule has 0 saturated heterocycles. The molecule has 2 N–H and O–H groups in total. The summed E-state index contributed by atoms with van der Waals surface area (Å²) in [6.07, 6.45) is -4.35. The van der Waals surface area contributed by atoms with E-state index in [1.807, 2.05) is 0 Å². The van der Waals surface area contributed by atoms with Gasteiger partial charge in [-0.15, -0.1) is 0 Å². The highest BCUT2D eigenvalue weighted by Crippen LogP contribution is 2.29. The number of alkyl halides is 3. The van der Waals surface area contributed by atoms with Gasteiger partial charge in [0, 0.05) is 5.56 Å². The standard InChI is InChI=1S/C12H16F3NO3/c1-18-8-3-4-11(19-2)9(5-8)10(6-17)16-7-12(13,14)15/h3-5,10,16-17H,6-7H2,1-2H3. The van der Waals surface area contributed by atoms with Crippen LogP contribution in [0.2, 0.25) is 0 Å². The van der Waals surface area contributed by atoms with Crippen molar-refractivity contribution in [3.8, 4) is 11.5 Å². The van der Waals surface area contributed by atoms with Crippen molar-refractivity contribution < 1.29 is 27.8 Å². The summed E-state index contributed by atoms with van der Waals surface area (Å²) in [6, 6.07) is 3.85. The molecule has 0 heterocycles. The van der Waals surface area contributed by atoms with E-state index in [9.17, 15) is 18.3 Å². The van der Waals surface area contributed by atoms with E-state index in [4.69, 9.17) is 9.47 Å². The maximum atomic E-state index is 12.2. The van der Waals surface area contributed by atoms with Gasteiger partial charge in [-0.1, -0.05) is 0 Å². The van der Waals surface area contributed by atoms with E-state index in [1.54, 1.807) is 12.1 Å². The molecule has 4 nitrogen and oxygen atoms in total. The average molecular weight is 279 g/mol. The fraction of sp³-hybridized carbons (Fsp3) is 0.500. The first-order valence-electron chi connectivity index (χ1n) is 5.54. The third kappa shape index (κ3) is 4.60. The highest BCUT2D eigenvalue weighted by Gasteiger charge is 2.29. The van der Waals surface area contributed by atoms with Gasteiger partial charge in [-0.3, -0.25) is 5.32 Å². The normalized spacial score (nSPS) is 13.2. The highest BCUT2D eigenvalue weighted by atomic mass is 19.4. The lowest BCUT2D eigenvalue weighted by Gasteiger charge is -2.20. The van der Waals surface area contributed by atoms with Crippen LogP contribution in [0.15, 0.2) is 18.2 Å². The summed E-state index contributed by atoms with van der Waals surface area (Å²) >= 11 is 0. The molecule has 0 amide bonds. The molecule has 0 radical (unpaired) electrons. The van der Waals surface area contributed by atoms with Gasteiger partial charge in [0.25, 0.3) is 0 Å². The number of hydrogen-bond acceptors (Lipinski definition) is 4. The summed E-state index contributed by atoms with van der Waals surface area (Å²) in [5.74, 6) is 0.859. The minimum Gasteiger partial charge on any atom is -0.497 e. The number of aliphatic hydroxyl groups excluding tert-OH is 1. The number of aliphatic hydroxyl groups is 1. The summed E-state index contributed by atoms with van der Waals surface area (Å²) in [5, 5.41) is 11.5. The largest absolute Gasteiger partial charge is 0.497 e. The molecule has 0 bridgehead atoms. The zero-order valence-corrected chi connectivity index (χ0v) is 10.6. The summed E-state index contributed by atoms with van der Waals surface area (Å²) in [4.78, 5) is 0. The molecule has 1 atom stereocenters. The number of benzene rings is 1. The molecule has 7 heteroatoms. The Morgan fingerprint density at radius 2 is 1.95 bits per heavy atom. The van der Waals surface area contributed by atoms with Crippen LogP contribution in [0.25, 0.3) is 0 Å². The number of ether oxygens (including phenoxy) is 2. The van der Waals surface area contributed by atoms with Crippen molar-refractivity contribution in [2.45, 2.75) is 12.2 Å². The second-order valence-corrected chi connectivity index (χ2v) is 3.84. The fourth-order valence-corrected chi connectivity index (χ4v) is 1.62. The topological polar surface area (TPSA) is 50.7 Å². The van der Waals surface area contributed by atoms with E-state index in [0.717, 1.165) is 0 Å². The van der Waals surface area contributed by atoms with Crippen molar-refractivity contribution in [3.63, 3.8) is 0 Å². The number of methoxy groups -OCH3 is 2. The van der Waals surface area contributed by atoms with E-state index >= 15 is 0 Å². The molecular formula is C12H16F3NO3. The van der Waals surface area contributed by atoms with Crippen molar-refractivity contribution in [2.75, 3.05) is 27.4 Å². The Bertz CT molecular complexity index is 410. The molecule has 0 aliphatic heterocycles. The molecule has 0 aliphatic rings. The molecule has 0 aliphatic carbocycles. The van der Waals surface area contributed by atoms with Crippen LogP contribution in [0, 0.1) is 0 Å². The van der Waals surface area contributed by atoms with Crippen LogP contribution in [0.1, 0.15) is 11.6 Å². The van der Waals surface area contributed by atoms with Crippen molar-refractivity contribution >= 4 is 0 Å². The third-order valence-corrected chi connectivity index (χ3v) is 2.54. The van der Waals surface area contributed by atoms with E-state index in [0.29, 0.717) is 17.1 Å². The number of nitrogens with one attached hydrogen (secondary N) is 1. The minimum atomic E-state index is -4.35. The van der Waals surface area contributed by atoms with Gasteiger partial charge in [0.05, 0.1) is 33.4 Å². The van der Waals surface area contributed by atoms with Gasteiger partial charge in [-0.05, 0) is 18.2 Å². The Labute approximate surface area is 109 Å². The van der Waals surface area contributed by atoms with E-state index in [2.05, 4.69) is 5.32 Å². The van der Waals surface area contributed by atoms with Crippen molar-refractivity contribution in [2.24, 2.45) is 0 Å². The van der Waals surface area contributed by atoms with Gasteiger partial charge in [0.2, 0.25) is 0 Å². The van der Waals surface area contributed by atoms with Crippen LogP contribution < -0.4 is 14.8 Å². The second kappa shape index (κ2) is 6.63. The van der Waals surface area contributed by atoms with Crippen LogP contribution in [-0.4, -0.2) is 38.7 Å². The first kappa shape index (κ1) is 15.6. The van der Waals surface area contributed by atoms with Crippen LogP contribution >= 0.6 is 0 Å². The predicted octanol–water partition coefficient (Wildman–Crippen LogP) is 1.89. The van der Waals surface area contributed by atoms with Crippen LogP contribution in [0.4, 0.5) is 13.2 Å². The van der Waals surface area contributed by atoms with E-state index in [-0.39, 0.29) is 0 Å². The fourth-order valence-electron chi connectivity index (χ4n) is 1.62. The summed E-state index contributed by atoms with van der Waals surface area (Å²) in [6.45, 7) is -1.68. The maximum Gasteiger partial charge on any atom is 0.401 e. The average Bonchev–Trinajstić information content (AvgIpc) is 2.38. The Balaban J connectivity index is 2.95. The quantitative estimate of drug-likeness (QED) is 0.835. The van der Waals surface area contributed by atoms with Crippen molar-refractivity contribution in [1.82, 2.24) is 5.32 Å². The third-order valence-electron chi connectivity index (χ3n) is 2.54. The van der Waals surface area contributed by atoms with Crippen LogP contribution in [-0.2, 0) is 0 Å². The van der Waals surface area contributed by atoms with Gasteiger partial charge in [0.15, 0.2) is 0 Å². The zero-order chi connectivity index (χ0) is 14.5. The van der Waals surface area contributed by atoms with Gasteiger partial charge in [-0.25, -0.2) is 0 Å². The zero-order valence-electron chi connectivity index (χ0n) is 10.6. The number of halogens is 3. The van der Waals surface area contributed by atoms with Crippen molar-refractivity contribution in [3.05, 3.63) is 23.8 Å². The lowest BCUT2D eigenvalue weighted by molar-refractivity contribution is -0.126. The molecule has 0 spiro atoms. The van der Waals surface area contributed by atoms with E-state index < -0.39 is 25.4 Å². The Morgan fingerprint density at radius 1 is 1.26 bits per heavy atom. The van der Waals surface area contributed by atoms with Crippen LogP contribution in [0.3, 0.4) is 0 Å². The molecule has 1 unspecified atom stereocenters. The SMILES string of the molecule is COc1ccc(OC)c(C(CO)NCC(F)(F)F)c1. The van der Waals surface area contributed by atoms with Crippen molar-refractivity contribution in [1.29, 1.82) is 0 Å². The van der Waals surface area contributed by atoms with Gasteiger partial charge in [0.1, 0.15) is 11.5 Å². The molecule has 1 aromatic rings. The summed E-state index contributed by atoms with van der Waals surface area (Å²) < 4.78 is 46.7. The highest BCUT2D eigenvalue weighted by molar-refractivity contribution is 5.42. The molecule has 1 rings (SSSR count). The molecule has 19 heavy (non-hydrogen) atoms. The summed E-state index contributed by atoms with van der Waals surface area (Å²) in [5.41, 5.74) is 0.411. The molecular weight excluding hydrogens is 263 g/mol. The molecule has 0 aromatic heterocycles. The summed E-state index contributed by atoms with van der Waals surface area (Å²) in [7, 11) is 2.85. The second-order valence-electron chi connectivity index (χ2n) is 3.84. The number of hydrogen-bond donors (Lipinski definition) is 2. The molecule has 108 valence electrons. The Kier molecular flexibility index (Phi) is 5.44. The van der Waals surface area contributed by atoms with Gasteiger partial charge in [-0.2, -0.15) is 13.2 Å². The minimum absolute atomic E-state index is 0.384. The predicted molar refractivity (Wildman–Crippen MR) is 63.4 cm³/mol. The maximum absolute atomic E-state index is 12.2. The van der Waals surface area contributed by atoms with Gasteiger partial charge < -0.3 is 14.6 Å². The number of rotatable bonds is 6. The Morgan fingerprint density at radius 3 is 2.42 bits per heavy atom. The molecule has 1 aromatic carbocycles.